The molecule has 3 fully saturated rings. The van der Waals surface area contributed by atoms with Crippen LogP contribution in [0.15, 0.2) is 0 Å². The molecule has 3 heteroatoms. The molecule has 0 amide bonds. The first-order chi connectivity index (χ1) is 8.81. The molecule has 3 rings (SSSR count). The minimum Gasteiger partial charge on any atom is -0.381 e. The Hall–Kier alpha value is -0.120. The molecule has 0 aromatic heterocycles. The highest BCUT2D eigenvalue weighted by molar-refractivity contribution is 4.93. The number of hydrogen-bond donors (Lipinski definition) is 1. The molecule has 3 aliphatic rings. The molecule has 2 heterocycles. The van der Waals surface area contributed by atoms with Crippen LogP contribution in [-0.2, 0) is 9.47 Å². The van der Waals surface area contributed by atoms with Gasteiger partial charge in [0.1, 0.15) is 0 Å². The number of nitrogens with one attached hydrogen (secondary N) is 1. The predicted molar refractivity (Wildman–Crippen MR) is 71.6 cm³/mol. The lowest BCUT2D eigenvalue weighted by atomic mass is 9.75. The molecule has 1 aliphatic carbocycles. The average Bonchev–Trinajstić information content (AvgIpc) is 2.88. The van der Waals surface area contributed by atoms with E-state index < -0.39 is 0 Å². The topological polar surface area (TPSA) is 30.5 Å². The molecule has 18 heavy (non-hydrogen) atoms. The van der Waals surface area contributed by atoms with Crippen LogP contribution in [0.4, 0.5) is 0 Å². The molecule has 3 atom stereocenters. The first kappa shape index (κ1) is 12.9. The normalized spacial score (nSPS) is 40.2. The second-order valence-electron chi connectivity index (χ2n) is 6.46. The van der Waals surface area contributed by atoms with E-state index in [0.717, 1.165) is 50.5 Å². The van der Waals surface area contributed by atoms with Crippen LogP contribution in [-0.4, -0.2) is 38.5 Å². The molecule has 3 nitrogen and oxygen atoms in total. The lowest BCUT2D eigenvalue weighted by molar-refractivity contribution is -0.152. The standard InChI is InChI=1S/C15H27NO2/c1-16-14-3-2-12(10-14)13-4-7-18-15(11-13)5-8-17-9-6-15/h12-14,16H,2-11H2,1H3. The van der Waals surface area contributed by atoms with Crippen molar-refractivity contribution in [3.63, 3.8) is 0 Å². The maximum absolute atomic E-state index is 6.15. The van der Waals surface area contributed by atoms with E-state index in [2.05, 4.69) is 12.4 Å². The molecule has 0 aromatic carbocycles. The Morgan fingerprint density at radius 1 is 1.00 bits per heavy atom. The van der Waals surface area contributed by atoms with Gasteiger partial charge in [-0.2, -0.15) is 0 Å². The summed E-state index contributed by atoms with van der Waals surface area (Å²) in [6, 6.07) is 0.767. The van der Waals surface area contributed by atoms with E-state index in [1.165, 1.54) is 32.1 Å². The molecule has 0 bridgehead atoms. The summed E-state index contributed by atoms with van der Waals surface area (Å²) in [6.45, 7) is 2.78. The zero-order valence-electron chi connectivity index (χ0n) is 11.6. The zero-order valence-corrected chi connectivity index (χ0v) is 11.6. The van der Waals surface area contributed by atoms with E-state index in [0.29, 0.717) is 0 Å². The van der Waals surface area contributed by atoms with Crippen molar-refractivity contribution in [1.82, 2.24) is 5.32 Å². The SMILES string of the molecule is CNC1CCC(C2CCOC3(CCOCC3)C2)C1. The van der Waals surface area contributed by atoms with E-state index in [-0.39, 0.29) is 5.60 Å². The summed E-state index contributed by atoms with van der Waals surface area (Å²) >= 11 is 0. The summed E-state index contributed by atoms with van der Waals surface area (Å²) in [4.78, 5) is 0. The van der Waals surface area contributed by atoms with Gasteiger partial charge in [-0.05, 0) is 63.8 Å². The van der Waals surface area contributed by atoms with Crippen molar-refractivity contribution in [3.8, 4) is 0 Å². The molecule has 0 radical (unpaired) electrons. The van der Waals surface area contributed by atoms with Gasteiger partial charge >= 0.3 is 0 Å². The van der Waals surface area contributed by atoms with Crippen LogP contribution in [0.2, 0.25) is 0 Å². The van der Waals surface area contributed by atoms with E-state index in [9.17, 15) is 0 Å². The maximum Gasteiger partial charge on any atom is 0.0729 e. The Kier molecular flexibility index (Phi) is 3.92. The van der Waals surface area contributed by atoms with Crippen LogP contribution in [0.3, 0.4) is 0 Å². The highest BCUT2D eigenvalue weighted by atomic mass is 16.5. The van der Waals surface area contributed by atoms with E-state index in [4.69, 9.17) is 9.47 Å². The largest absolute Gasteiger partial charge is 0.381 e. The van der Waals surface area contributed by atoms with Crippen LogP contribution in [0.5, 0.6) is 0 Å². The van der Waals surface area contributed by atoms with Gasteiger partial charge in [0.05, 0.1) is 5.60 Å². The molecular weight excluding hydrogens is 226 g/mol. The second kappa shape index (κ2) is 5.48. The minimum atomic E-state index is 0.179. The van der Waals surface area contributed by atoms with Crippen molar-refractivity contribution in [3.05, 3.63) is 0 Å². The first-order valence-corrected chi connectivity index (χ1v) is 7.70. The summed E-state index contributed by atoms with van der Waals surface area (Å²) in [6.07, 6.45) is 8.98. The fraction of sp³-hybridized carbons (Fsp3) is 1.00. The smallest absolute Gasteiger partial charge is 0.0729 e. The van der Waals surface area contributed by atoms with Crippen molar-refractivity contribution >= 4 is 0 Å². The highest BCUT2D eigenvalue weighted by Gasteiger charge is 2.42. The molecular formula is C15H27NO2. The van der Waals surface area contributed by atoms with Crippen molar-refractivity contribution in [2.75, 3.05) is 26.9 Å². The fourth-order valence-corrected chi connectivity index (χ4v) is 4.27. The van der Waals surface area contributed by atoms with E-state index >= 15 is 0 Å². The van der Waals surface area contributed by atoms with Crippen LogP contribution in [0.25, 0.3) is 0 Å². The molecule has 1 saturated carbocycles. The Balaban J connectivity index is 1.60. The predicted octanol–water partition coefficient (Wildman–Crippen LogP) is 2.35. The number of rotatable bonds is 2. The maximum atomic E-state index is 6.15. The minimum absolute atomic E-state index is 0.179. The lowest BCUT2D eigenvalue weighted by Crippen LogP contribution is -2.45. The Morgan fingerprint density at radius 3 is 2.56 bits per heavy atom. The molecule has 2 saturated heterocycles. The van der Waals surface area contributed by atoms with Gasteiger partial charge in [-0.1, -0.05) is 0 Å². The number of hydrogen-bond acceptors (Lipinski definition) is 3. The highest BCUT2D eigenvalue weighted by Crippen LogP contribution is 2.44. The average molecular weight is 253 g/mol. The molecule has 2 aliphatic heterocycles. The third-order valence-electron chi connectivity index (χ3n) is 5.48. The second-order valence-corrected chi connectivity index (χ2v) is 6.46. The van der Waals surface area contributed by atoms with Gasteiger partial charge in [-0.25, -0.2) is 0 Å². The van der Waals surface area contributed by atoms with Gasteiger partial charge < -0.3 is 14.8 Å². The summed E-state index contributed by atoms with van der Waals surface area (Å²) in [5.41, 5.74) is 0.179. The van der Waals surface area contributed by atoms with Crippen LogP contribution < -0.4 is 5.32 Å². The van der Waals surface area contributed by atoms with Gasteiger partial charge in [-0.15, -0.1) is 0 Å². The van der Waals surface area contributed by atoms with Crippen molar-refractivity contribution in [2.24, 2.45) is 11.8 Å². The van der Waals surface area contributed by atoms with E-state index in [1.807, 2.05) is 0 Å². The molecule has 1 N–H and O–H groups in total. The van der Waals surface area contributed by atoms with Crippen LogP contribution >= 0.6 is 0 Å². The van der Waals surface area contributed by atoms with Crippen LogP contribution in [0.1, 0.15) is 44.9 Å². The summed E-state index contributed by atoms with van der Waals surface area (Å²) < 4.78 is 11.7. The van der Waals surface area contributed by atoms with Gasteiger partial charge in [0.25, 0.3) is 0 Å². The molecule has 0 aromatic rings. The first-order valence-electron chi connectivity index (χ1n) is 7.70. The van der Waals surface area contributed by atoms with Gasteiger partial charge in [0, 0.05) is 25.9 Å². The Labute approximate surface area is 111 Å². The zero-order chi connectivity index (χ0) is 12.4. The molecule has 1 spiro atoms. The summed E-state index contributed by atoms with van der Waals surface area (Å²) in [5, 5.41) is 3.45. The summed E-state index contributed by atoms with van der Waals surface area (Å²) in [7, 11) is 2.11. The van der Waals surface area contributed by atoms with Crippen molar-refractivity contribution in [1.29, 1.82) is 0 Å². The fourth-order valence-electron chi connectivity index (χ4n) is 4.27. The molecule has 3 unspecified atom stereocenters. The monoisotopic (exact) mass is 253 g/mol. The van der Waals surface area contributed by atoms with Crippen LogP contribution in [0, 0.1) is 11.8 Å². The van der Waals surface area contributed by atoms with Gasteiger partial charge in [0.15, 0.2) is 0 Å². The third-order valence-corrected chi connectivity index (χ3v) is 5.48. The lowest BCUT2D eigenvalue weighted by Gasteiger charge is -2.45. The third kappa shape index (κ3) is 2.59. The van der Waals surface area contributed by atoms with Gasteiger partial charge in [0.2, 0.25) is 0 Å². The Bertz CT molecular complexity index is 270. The quantitative estimate of drug-likeness (QED) is 0.819. The Morgan fingerprint density at radius 2 is 1.83 bits per heavy atom. The van der Waals surface area contributed by atoms with E-state index in [1.54, 1.807) is 0 Å². The number of ether oxygens (including phenoxy) is 2. The van der Waals surface area contributed by atoms with Gasteiger partial charge in [-0.3, -0.25) is 0 Å². The molecule has 104 valence electrons. The summed E-state index contributed by atoms with van der Waals surface area (Å²) in [5.74, 6) is 1.83. The van der Waals surface area contributed by atoms with Crippen molar-refractivity contribution < 1.29 is 9.47 Å². The van der Waals surface area contributed by atoms with Crippen molar-refractivity contribution in [2.45, 2.75) is 56.6 Å².